The van der Waals surface area contributed by atoms with Crippen LogP contribution in [0.15, 0.2) is 29.3 Å². The number of benzene rings is 1. The van der Waals surface area contributed by atoms with Gasteiger partial charge in [0.1, 0.15) is 12.4 Å². The molecule has 0 aromatic heterocycles. The summed E-state index contributed by atoms with van der Waals surface area (Å²) in [6, 6.07) is 6.70. The highest BCUT2D eigenvalue weighted by Gasteiger charge is 2.16. The van der Waals surface area contributed by atoms with Crippen molar-refractivity contribution in [2.45, 2.75) is 12.5 Å². The first kappa shape index (κ1) is 8.99. The molecule has 1 aromatic rings. The minimum Gasteiger partial charge on any atom is -0.463 e. The quantitative estimate of drug-likeness (QED) is 0.765. The number of hydrogen-bond acceptors (Lipinski definition) is 3. The Morgan fingerprint density at radius 2 is 2.14 bits per heavy atom. The van der Waals surface area contributed by atoms with Gasteiger partial charge in [0, 0.05) is 0 Å². The zero-order valence-corrected chi connectivity index (χ0v) is 7.61. The maximum absolute atomic E-state index is 12.6. The van der Waals surface area contributed by atoms with E-state index in [1.54, 1.807) is 12.1 Å². The lowest BCUT2D eigenvalue weighted by Crippen LogP contribution is -2.11. The van der Waals surface area contributed by atoms with Gasteiger partial charge in [-0.25, -0.2) is 9.38 Å². The van der Waals surface area contributed by atoms with Crippen LogP contribution >= 0.6 is 0 Å². The van der Waals surface area contributed by atoms with Gasteiger partial charge in [0.05, 0.1) is 6.04 Å². The van der Waals surface area contributed by atoms with E-state index in [4.69, 9.17) is 10.5 Å². The minimum atomic E-state index is -0.223. The first-order valence-corrected chi connectivity index (χ1v) is 4.44. The number of nitrogens with zero attached hydrogens (tertiary/aromatic N) is 1. The molecular formula is C10H11FN2O. The molecule has 0 bridgehead atoms. The molecule has 2 N–H and O–H groups in total. The Bertz CT molecular complexity index is 348. The topological polar surface area (TPSA) is 47.6 Å². The molecule has 74 valence electrons. The standard InChI is InChI=1S/C10H11FN2O/c11-8-3-1-7(2-4-8)5-9-6-14-10(12)13-9/h1-4,9H,5-6H2,(H2,12,13). The van der Waals surface area contributed by atoms with Gasteiger partial charge >= 0.3 is 0 Å². The van der Waals surface area contributed by atoms with Gasteiger partial charge < -0.3 is 10.5 Å². The van der Waals surface area contributed by atoms with Crippen molar-refractivity contribution >= 4 is 6.02 Å². The van der Waals surface area contributed by atoms with Crippen LogP contribution in [0.25, 0.3) is 0 Å². The number of aliphatic imine (C=N–C) groups is 1. The zero-order chi connectivity index (χ0) is 9.97. The van der Waals surface area contributed by atoms with Crippen LogP contribution in [-0.2, 0) is 11.2 Å². The number of nitrogens with two attached hydrogens (primary N) is 1. The average molecular weight is 194 g/mol. The summed E-state index contributed by atoms with van der Waals surface area (Å²) in [7, 11) is 0. The highest BCUT2D eigenvalue weighted by atomic mass is 19.1. The first-order chi connectivity index (χ1) is 6.74. The van der Waals surface area contributed by atoms with E-state index in [1.165, 1.54) is 12.1 Å². The summed E-state index contributed by atoms with van der Waals surface area (Å²) >= 11 is 0. The zero-order valence-electron chi connectivity index (χ0n) is 7.61. The fourth-order valence-corrected chi connectivity index (χ4v) is 1.43. The second-order valence-corrected chi connectivity index (χ2v) is 3.26. The van der Waals surface area contributed by atoms with Gasteiger partial charge in [-0.2, -0.15) is 0 Å². The Kier molecular flexibility index (Phi) is 2.35. The van der Waals surface area contributed by atoms with Gasteiger partial charge in [0.15, 0.2) is 0 Å². The van der Waals surface area contributed by atoms with E-state index in [1.807, 2.05) is 0 Å². The van der Waals surface area contributed by atoms with Crippen LogP contribution in [0.4, 0.5) is 4.39 Å². The number of halogens is 1. The predicted molar refractivity (Wildman–Crippen MR) is 51.5 cm³/mol. The van der Waals surface area contributed by atoms with Crippen LogP contribution in [0, 0.1) is 5.82 Å². The smallest absolute Gasteiger partial charge is 0.282 e. The molecule has 1 unspecified atom stereocenters. The molecule has 14 heavy (non-hydrogen) atoms. The summed E-state index contributed by atoms with van der Waals surface area (Å²) in [6.45, 7) is 0.517. The lowest BCUT2D eigenvalue weighted by molar-refractivity contribution is 0.312. The Balaban J connectivity index is 2.01. The fraction of sp³-hybridized carbons (Fsp3) is 0.300. The molecule has 0 aliphatic carbocycles. The molecule has 0 radical (unpaired) electrons. The van der Waals surface area contributed by atoms with Crippen molar-refractivity contribution in [1.82, 2.24) is 0 Å². The van der Waals surface area contributed by atoms with Crippen molar-refractivity contribution in [1.29, 1.82) is 0 Å². The van der Waals surface area contributed by atoms with Crippen molar-refractivity contribution in [3.63, 3.8) is 0 Å². The number of ether oxygens (including phenoxy) is 1. The first-order valence-electron chi connectivity index (χ1n) is 4.44. The summed E-state index contributed by atoms with van der Waals surface area (Å²) in [5.74, 6) is -0.223. The van der Waals surface area contributed by atoms with E-state index >= 15 is 0 Å². The van der Waals surface area contributed by atoms with Crippen LogP contribution in [0.3, 0.4) is 0 Å². The second kappa shape index (κ2) is 3.65. The van der Waals surface area contributed by atoms with Gasteiger partial charge in [-0.15, -0.1) is 0 Å². The van der Waals surface area contributed by atoms with Crippen molar-refractivity contribution in [2.75, 3.05) is 6.61 Å². The molecular weight excluding hydrogens is 183 g/mol. The molecule has 1 aliphatic rings. The van der Waals surface area contributed by atoms with Crippen molar-refractivity contribution in [3.8, 4) is 0 Å². The molecule has 0 spiro atoms. The van der Waals surface area contributed by atoms with Crippen LogP contribution in [0.2, 0.25) is 0 Å². The maximum Gasteiger partial charge on any atom is 0.282 e. The van der Waals surface area contributed by atoms with E-state index in [0.717, 1.165) is 12.0 Å². The number of rotatable bonds is 2. The van der Waals surface area contributed by atoms with Crippen LogP contribution in [-0.4, -0.2) is 18.7 Å². The molecule has 0 saturated heterocycles. The second-order valence-electron chi connectivity index (χ2n) is 3.26. The normalized spacial score (nSPS) is 20.4. The molecule has 1 heterocycles. The van der Waals surface area contributed by atoms with E-state index in [9.17, 15) is 4.39 Å². The van der Waals surface area contributed by atoms with Gasteiger partial charge in [0.2, 0.25) is 0 Å². The Labute approximate surface area is 81.4 Å². The number of amidine groups is 1. The minimum absolute atomic E-state index is 0.0699. The summed E-state index contributed by atoms with van der Waals surface area (Å²) in [5, 5.41) is 0. The third-order valence-corrected chi connectivity index (χ3v) is 2.12. The van der Waals surface area contributed by atoms with Crippen LogP contribution in [0.1, 0.15) is 5.56 Å². The van der Waals surface area contributed by atoms with Gasteiger partial charge in [-0.1, -0.05) is 12.1 Å². The molecule has 1 atom stereocenters. The Hall–Kier alpha value is -1.58. The van der Waals surface area contributed by atoms with E-state index in [0.29, 0.717) is 6.61 Å². The van der Waals surface area contributed by atoms with E-state index in [-0.39, 0.29) is 17.9 Å². The number of hydrogen-bond donors (Lipinski definition) is 1. The van der Waals surface area contributed by atoms with E-state index in [2.05, 4.69) is 4.99 Å². The summed E-state index contributed by atoms with van der Waals surface area (Å²) in [5.41, 5.74) is 6.41. The predicted octanol–water partition coefficient (Wildman–Crippen LogP) is 1.08. The van der Waals surface area contributed by atoms with Crippen LogP contribution in [0.5, 0.6) is 0 Å². The molecule has 0 amide bonds. The third kappa shape index (κ3) is 2.02. The largest absolute Gasteiger partial charge is 0.463 e. The lowest BCUT2D eigenvalue weighted by atomic mass is 10.1. The lowest BCUT2D eigenvalue weighted by Gasteiger charge is -2.04. The van der Waals surface area contributed by atoms with Gasteiger partial charge in [0.25, 0.3) is 6.02 Å². The molecule has 1 aliphatic heterocycles. The fourth-order valence-electron chi connectivity index (χ4n) is 1.43. The Morgan fingerprint density at radius 1 is 1.43 bits per heavy atom. The molecule has 4 heteroatoms. The summed E-state index contributed by atoms with van der Waals surface area (Å²) in [4.78, 5) is 4.08. The molecule has 2 rings (SSSR count). The monoisotopic (exact) mass is 194 g/mol. The van der Waals surface area contributed by atoms with E-state index < -0.39 is 0 Å². The highest BCUT2D eigenvalue weighted by Crippen LogP contribution is 2.11. The summed E-state index contributed by atoms with van der Waals surface area (Å²) < 4.78 is 17.6. The van der Waals surface area contributed by atoms with Crippen molar-refractivity contribution in [2.24, 2.45) is 10.7 Å². The van der Waals surface area contributed by atoms with Crippen molar-refractivity contribution in [3.05, 3.63) is 35.6 Å². The molecule has 1 aromatic carbocycles. The van der Waals surface area contributed by atoms with Crippen molar-refractivity contribution < 1.29 is 9.13 Å². The molecule has 0 fully saturated rings. The molecule has 3 nitrogen and oxygen atoms in total. The third-order valence-electron chi connectivity index (χ3n) is 2.12. The highest BCUT2D eigenvalue weighted by molar-refractivity contribution is 5.73. The SMILES string of the molecule is NC1=NC(Cc2ccc(F)cc2)CO1. The maximum atomic E-state index is 12.6. The van der Waals surface area contributed by atoms with Gasteiger partial charge in [-0.05, 0) is 24.1 Å². The average Bonchev–Trinajstić information content (AvgIpc) is 2.56. The Morgan fingerprint density at radius 3 is 2.71 bits per heavy atom. The summed E-state index contributed by atoms with van der Waals surface area (Å²) in [6.07, 6.45) is 0.737. The van der Waals surface area contributed by atoms with Crippen LogP contribution < -0.4 is 5.73 Å². The molecule has 0 saturated carbocycles. The van der Waals surface area contributed by atoms with Gasteiger partial charge in [-0.3, -0.25) is 0 Å².